The topological polar surface area (TPSA) is 3.24 Å². The molecule has 1 nitrogen and oxygen atoms in total. The third kappa shape index (κ3) is 11.9. The van der Waals surface area contributed by atoms with Crippen molar-refractivity contribution in [2.24, 2.45) is 35.5 Å². The summed E-state index contributed by atoms with van der Waals surface area (Å²) >= 11 is -4.00. The molecule has 0 aliphatic carbocycles. The van der Waals surface area contributed by atoms with E-state index in [0.717, 1.165) is 35.5 Å². The summed E-state index contributed by atoms with van der Waals surface area (Å²) in [5.74, 6) is 4.35. The van der Waals surface area contributed by atoms with Crippen molar-refractivity contribution < 1.29 is 0 Å². The average Bonchev–Trinajstić information content (AvgIpc) is 2.96. The number of hydrogen-bond acceptors (Lipinski definition) is 1. The molecule has 0 saturated heterocycles. The zero-order valence-corrected chi connectivity index (χ0v) is 37.1. The predicted molar refractivity (Wildman–Crippen MR) is 215 cm³/mol. The second kappa shape index (κ2) is 19.4. The fraction of sp³-hybridized carbons (Fsp3) is 0.571. The Morgan fingerprint density at radius 3 is 0.739 bits per heavy atom. The van der Waals surface area contributed by atoms with Crippen LogP contribution in [0.25, 0.3) is 0 Å². The summed E-state index contributed by atoms with van der Waals surface area (Å²) in [4.78, 5) is 2.83. The Kier molecular flexibility index (Phi) is 16.7. The Morgan fingerprint density at radius 2 is 0.543 bits per heavy atom. The second-order valence-electron chi connectivity index (χ2n) is 15.9. The van der Waals surface area contributed by atoms with Gasteiger partial charge in [0, 0.05) is 0 Å². The normalized spacial score (nSPS) is 12.5. The van der Waals surface area contributed by atoms with Crippen molar-refractivity contribution in [3.05, 3.63) is 72.8 Å². The number of para-hydroxylation sites is 3. The number of rotatable bonds is 18. The Balaban J connectivity index is 2.43. The van der Waals surface area contributed by atoms with Crippen LogP contribution in [0.5, 0.6) is 0 Å². The first kappa shape index (κ1) is 39.6. The van der Waals surface area contributed by atoms with Gasteiger partial charge in [-0.25, -0.2) is 0 Å². The van der Waals surface area contributed by atoms with Crippen LogP contribution in [-0.2, 0) is 0 Å². The van der Waals surface area contributed by atoms with Gasteiger partial charge in [-0.2, -0.15) is 0 Å². The molecule has 3 aromatic carbocycles. The molecule has 0 atom stereocenters. The standard InChI is InChI=1S/C42H66As3N/c1-31(2)25-43(26-32(3)4)37-19-13-16-22-40(37)46(41-23-17-14-20-38(41)44(27-33(5)6)28-34(7)8)42-24-18-15-21-39(42)45(29-35(9)10)30-36(11)12/h13-24,31-36H,25-30H2,1-12H3. The van der Waals surface area contributed by atoms with Crippen molar-refractivity contribution >= 4 is 74.1 Å². The van der Waals surface area contributed by atoms with Crippen molar-refractivity contribution in [1.82, 2.24) is 0 Å². The Labute approximate surface area is 299 Å². The Bertz CT molecular complexity index is 1120. The summed E-state index contributed by atoms with van der Waals surface area (Å²) in [6.45, 7) is 29.3. The van der Waals surface area contributed by atoms with Crippen LogP contribution in [0.4, 0.5) is 17.1 Å². The van der Waals surface area contributed by atoms with E-state index in [1.807, 2.05) is 0 Å². The maximum atomic E-state index is 2.83. The monoisotopic (exact) mass is 809 g/mol. The van der Waals surface area contributed by atoms with E-state index >= 15 is 0 Å². The molecule has 0 N–H and O–H groups in total. The van der Waals surface area contributed by atoms with E-state index < -0.39 is 44.0 Å². The molecule has 0 spiro atoms. The molecule has 254 valence electrons. The molecule has 46 heavy (non-hydrogen) atoms. The molecule has 0 amide bonds. The van der Waals surface area contributed by atoms with Crippen molar-refractivity contribution in [1.29, 1.82) is 0 Å². The van der Waals surface area contributed by atoms with Crippen LogP contribution in [0.15, 0.2) is 72.8 Å². The van der Waals surface area contributed by atoms with Gasteiger partial charge in [0.05, 0.1) is 0 Å². The molecule has 0 aliphatic heterocycles. The van der Waals surface area contributed by atoms with E-state index in [9.17, 15) is 0 Å². The van der Waals surface area contributed by atoms with Crippen LogP contribution in [-0.4, -0.2) is 44.0 Å². The van der Waals surface area contributed by atoms with Gasteiger partial charge < -0.3 is 0 Å². The van der Waals surface area contributed by atoms with E-state index in [2.05, 4.69) is 161 Å². The molecule has 0 heterocycles. The molecule has 4 heteroatoms. The Morgan fingerprint density at radius 1 is 0.348 bits per heavy atom. The SMILES string of the molecule is CC(C)C[As](CC(C)C)c1ccccc1N(c1ccccc1[As](CC(C)C)CC(C)C)c1ccccc1[As](CC(C)C)CC(C)C. The minimum atomic E-state index is -1.33. The van der Waals surface area contributed by atoms with E-state index in [4.69, 9.17) is 0 Å². The number of hydrogen-bond donors (Lipinski definition) is 0. The molecule has 3 rings (SSSR count). The van der Waals surface area contributed by atoms with Gasteiger partial charge >= 0.3 is 302 Å². The van der Waals surface area contributed by atoms with E-state index in [-0.39, 0.29) is 0 Å². The molecule has 0 aromatic heterocycles. The first-order chi connectivity index (χ1) is 21.8. The van der Waals surface area contributed by atoms with Crippen LogP contribution >= 0.6 is 0 Å². The van der Waals surface area contributed by atoms with Gasteiger partial charge in [-0.1, -0.05) is 0 Å². The van der Waals surface area contributed by atoms with Gasteiger partial charge in [0.15, 0.2) is 0 Å². The van der Waals surface area contributed by atoms with Crippen LogP contribution in [0, 0.1) is 35.5 Å². The molecular weight excluding hydrogens is 743 g/mol. The summed E-state index contributed by atoms with van der Waals surface area (Å²) in [5.41, 5.74) is 4.44. The average molecular weight is 810 g/mol. The third-order valence-electron chi connectivity index (χ3n) is 7.90. The summed E-state index contributed by atoms with van der Waals surface area (Å²) in [6.07, 6.45) is 0. The molecule has 0 unspecified atom stereocenters. The Hall–Kier alpha value is -0.865. The van der Waals surface area contributed by atoms with Crippen LogP contribution in [0.1, 0.15) is 83.1 Å². The van der Waals surface area contributed by atoms with Crippen molar-refractivity contribution in [2.45, 2.75) is 114 Å². The molecule has 3 aromatic rings. The molecule has 0 aliphatic rings. The fourth-order valence-electron chi connectivity index (χ4n) is 6.61. The zero-order valence-electron chi connectivity index (χ0n) is 31.4. The summed E-state index contributed by atoms with van der Waals surface area (Å²) in [5, 5.41) is 8.23. The number of benzene rings is 3. The predicted octanol–water partition coefficient (Wildman–Crippen LogP) is 11.2. The zero-order chi connectivity index (χ0) is 34.0. The van der Waals surface area contributed by atoms with E-state index in [1.54, 1.807) is 13.1 Å². The van der Waals surface area contributed by atoms with Crippen LogP contribution in [0.2, 0.25) is 31.3 Å². The molecular formula is C42H66As3N. The van der Waals surface area contributed by atoms with Gasteiger partial charge in [-0.15, -0.1) is 0 Å². The van der Waals surface area contributed by atoms with Gasteiger partial charge in [0.25, 0.3) is 0 Å². The molecule has 0 bridgehead atoms. The first-order valence-corrected chi connectivity index (χ1v) is 28.9. The third-order valence-corrected chi connectivity index (χ3v) is 29.3. The van der Waals surface area contributed by atoms with Gasteiger partial charge in [0.2, 0.25) is 0 Å². The summed E-state index contributed by atoms with van der Waals surface area (Å²) in [7, 11) is 0. The van der Waals surface area contributed by atoms with E-state index in [0.29, 0.717) is 0 Å². The van der Waals surface area contributed by atoms with Crippen LogP contribution < -0.4 is 18.0 Å². The molecule has 0 saturated carbocycles. The van der Waals surface area contributed by atoms with Crippen molar-refractivity contribution in [2.75, 3.05) is 4.90 Å². The number of nitrogens with zero attached hydrogens (tertiary/aromatic N) is 1. The van der Waals surface area contributed by atoms with Crippen molar-refractivity contribution in [3.63, 3.8) is 0 Å². The van der Waals surface area contributed by atoms with Gasteiger partial charge in [-0.3, -0.25) is 0 Å². The first-order valence-electron chi connectivity index (χ1n) is 18.1. The van der Waals surface area contributed by atoms with Crippen LogP contribution in [0.3, 0.4) is 0 Å². The molecule has 0 radical (unpaired) electrons. The van der Waals surface area contributed by atoms with E-state index in [1.165, 1.54) is 48.3 Å². The maximum absolute atomic E-state index is 2.83. The quantitative estimate of drug-likeness (QED) is 0.116. The van der Waals surface area contributed by atoms with Gasteiger partial charge in [0.1, 0.15) is 0 Å². The fourth-order valence-corrected chi connectivity index (χ4v) is 26.1. The summed E-state index contributed by atoms with van der Waals surface area (Å²) < 4.78 is 5.04. The van der Waals surface area contributed by atoms with Crippen molar-refractivity contribution in [3.8, 4) is 0 Å². The minimum absolute atomic E-state index is 0.725. The van der Waals surface area contributed by atoms with Gasteiger partial charge in [-0.05, 0) is 0 Å². The summed E-state index contributed by atoms with van der Waals surface area (Å²) in [6, 6.07) is 29.1. The number of anilines is 3. The molecule has 0 fully saturated rings. The second-order valence-corrected chi connectivity index (χ2v) is 30.3.